The highest BCUT2D eigenvalue weighted by molar-refractivity contribution is 5.71. The van der Waals surface area contributed by atoms with Crippen LogP contribution in [0.5, 0.6) is 0 Å². The molecule has 2 nitrogen and oxygen atoms in total. The smallest absolute Gasteiger partial charge is 0.180 e. The van der Waals surface area contributed by atoms with Crippen molar-refractivity contribution in [3.63, 3.8) is 0 Å². The zero-order chi connectivity index (χ0) is 8.53. The van der Waals surface area contributed by atoms with Gasteiger partial charge >= 0.3 is 0 Å². The van der Waals surface area contributed by atoms with Crippen molar-refractivity contribution >= 4 is 5.90 Å². The Morgan fingerprint density at radius 3 is 2.45 bits per heavy atom. The van der Waals surface area contributed by atoms with Crippen LogP contribution in [0, 0.1) is 5.41 Å². The molecular formula is C9H19NO. The van der Waals surface area contributed by atoms with E-state index in [0.717, 1.165) is 13.0 Å². The zero-order valence-electron chi connectivity index (χ0n) is 7.65. The van der Waals surface area contributed by atoms with Crippen LogP contribution in [0.2, 0.25) is 0 Å². The molecule has 0 saturated carbocycles. The van der Waals surface area contributed by atoms with Crippen LogP contribution in [-0.2, 0) is 4.74 Å². The van der Waals surface area contributed by atoms with Gasteiger partial charge in [-0.05, 0) is 6.42 Å². The molecule has 0 fully saturated rings. The average Bonchev–Trinajstić information content (AvgIpc) is 2.04. The SMILES string of the molecule is CCCCCCOC(=N)CC. The highest BCUT2D eigenvalue weighted by Crippen LogP contribution is 1.99. The van der Waals surface area contributed by atoms with Gasteiger partial charge in [0, 0.05) is 6.42 Å². The molecular weight excluding hydrogens is 138 g/mol. The molecule has 2 heteroatoms. The third kappa shape index (κ3) is 7.37. The van der Waals surface area contributed by atoms with E-state index in [9.17, 15) is 0 Å². The maximum absolute atomic E-state index is 7.20. The van der Waals surface area contributed by atoms with E-state index >= 15 is 0 Å². The number of hydrogen-bond acceptors (Lipinski definition) is 2. The molecule has 0 unspecified atom stereocenters. The first-order valence-electron chi connectivity index (χ1n) is 4.51. The fraction of sp³-hybridized carbons (Fsp3) is 0.889. The molecule has 0 radical (unpaired) electrons. The molecule has 0 amide bonds. The molecule has 1 N–H and O–H groups in total. The summed E-state index contributed by atoms with van der Waals surface area (Å²) in [5.41, 5.74) is 0. The Kier molecular flexibility index (Phi) is 7.21. The summed E-state index contributed by atoms with van der Waals surface area (Å²) >= 11 is 0. The minimum atomic E-state index is 0.418. The Labute approximate surface area is 69.5 Å². The average molecular weight is 157 g/mol. The summed E-state index contributed by atoms with van der Waals surface area (Å²) in [5, 5.41) is 7.20. The molecule has 0 aliphatic heterocycles. The van der Waals surface area contributed by atoms with Crippen molar-refractivity contribution in [3.05, 3.63) is 0 Å². The Bertz CT molecular complexity index is 102. The standard InChI is InChI=1S/C9H19NO/c1-3-5-6-7-8-11-9(10)4-2/h10H,3-8H2,1-2H3. The second-order valence-corrected chi connectivity index (χ2v) is 2.69. The van der Waals surface area contributed by atoms with Crippen molar-refractivity contribution < 1.29 is 4.74 Å². The van der Waals surface area contributed by atoms with Gasteiger partial charge in [-0.25, -0.2) is 0 Å². The number of rotatable bonds is 6. The van der Waals surface area contributed by atoms with Gasteiger partial charge in [-0.15, -0.1) is 0 Å². The number of ether oxygens (including phenoxy) is 1. The van der Waals surface area contributed by atoms with E-state index < -0.39 is 0 Å². The fourth-order valence-electron chi connectivity index (χ4n) is 0.826. The van der Waals surface area contributed by atoms with E-state index in [1.54, 1.807) is 0 Å². The van der Waals surface area contributed by atoms with Crippen molar-refractivity contribution in [2.45, 2.75) is 46.0 Å². The van der Waals surface area contributed by atoms with Crippen LogP contribution >= 0.6 is 0 Å². The Balaban J connectivity index is 2.95. The minimum Gasteiger partial charge on any atom is -0.481 e. The van der Waals surface area contributed by atoms with Gasteiger partial charge < -0.3 is 4.74 Å². The van der Waals surface area contributed by atoms with Crippen molar-refractivity contribution in [2.75, 3.05) is 6.61 Å². The van der Waals surface area contributed by atoms with E-state index in [1.807, 2.05) is 6.92 Å². The predicted molar refractivity (Wildman–Crippen MR) is 48.1 cm³/mol. The summed E-state index contributed by atoms with van der Waals surface area (Å²) < 4.78 is 5.12. The lowest BCUT2D eigenvalue weighted by Crippen LogP contribution is -2.02. The van der Waals surface area contributed by atoms with Crippen LogP contribution in [0.3, 0.4) is 0 Å². The molecule has 0 heterocycles. The summed E-state index contributed by atoms with van der Waals surface area (Å²) in [5.74, 6) is 0.418. The molecule has 0 aromatic rings. The van der Waals surface area contributed by atoms with Crippen LogP contribution in [-0.4, -0.2) is 12.5 Å². The Morgan fingerprint density at radius 2 is 1.91 bits per heavy atom. The summed E-state index contributed by atoms with van der Waals surface area (Å²) in [6.45, 7) is 4.86. The molecule has 0 rings (SSSR count). The topological polar surface area (TPSA) is 33.1 Å². The lowest BCUT2D eigenvalue weighted by molar-refractivity contribution is 0.283. The first kappa shape index (κ1) is 10.5. The second-order valence-electron chi connectivity index (χ2n) is 2.69. The number of hydrogen-bond donors (Lipinski definition) is 1. The van der Waals surface area contributed by atoms with Crippen molar-refractivity contribution in [1.82, 2.24) is 0 Å². The van der Waals surface area contributed by atoms with Crippen LogP contribution in [0.1, 0.15) is 46.0 Å². The largest absolute Gasteiger partial charge is 0.481 e. The highest BCUT2D eigenvalue weighted by Gasteiger charge is 1.92. The Morgan fingerprint density at radius 1 is 1.18 bits per heavy atom. The van der Waals surface area contributed by atoms with Gasteiger partial charge in [0.15, 0.2) is 5.90 Å². The first-order valence-corrected chi connectivity index (χ1v) is 4.51. The molecule has 0 saturated heterocycles. The molecule has 0 atom stereocenters. The molecule has 0 aromatic carbocycles. The van der Waals surface area contributed by atoms with Gasteiger partial charge in [0.25, 0.3) is 0 Å². The molecule has 11 heavy (non-hydrogen) atoms. The van der Waals surface area contributed by atoms with E-state index in [4.69, 9.17) is 10.1 Å². The van der Waals surface area contributed by atoms with Crippen LogP contribution in [0.15, 0.2) is 0 Å². The van der Waals surface area contributed by atoms with Gasteiger partial charge in [-0.3, -0.25) is 5.41 Å². The van der Waals surface area contributed by atoms with Gasteiger partial charge in [-0.2, -0.15) is 0 Å². The van der Waals surface area contributed by atoms with Crippen LogP contribution in [0.4, 0.5) is 0 Å². The molecule has 0 aliphatic rings. The van der Waals surface area contributed by atoms with Crippen molar-refractivity contribution in [3.8, 4) is 0 Å². The summed E-state index contributed by atoms with van der Waals surface area (Å²) in [4.78, 5) is 0. The predicted octanol–water partition coefficient (Wildman–Crippen LogP) is 2.97. The molecule has 66 valence electrons. The third-order valence-corrected chi connectivity index (χ3v) is 1.60. The van der Waals surface area contributed by atoms with Crippen molar-refractivity contribution in [2.24, 2.45) is 0 Å². The van der Waals surface area contributed by atoms with E-state index in [-0.39, 0.29) is 0 Å². The van der Waals surface area contributed by atoms with Gasteiger partial charge in [0.2, 0.25) is 0 Å². The monoisotopic (exact) mass is 157 g/mol. The highest BCUT2D eigenvalue weighted by atomic mass is 16.5. The quantitative estimate of drug-likeness (QED) is 0.359. The maximum Gasteiger partial charge on any atom is 0.180 e. The van der Waals surface area contributed by atoms with E-state index in [2.05, 4.69) is 6.92 Å². The lowest BCUT2D eigenvalue weighted by Gasteiger charge is -2.03. The van der Waals surface area contributed by atoms with Gasteiger partial charge in [0.05, 0.1) is 6.61 Å². The lowest BCUT2D eigenvalue weighted by atomic mass is 10.2. The molecule has 0 bridgehead atoms. The van der Waals surface area contributed by atoms with E-state index in [0.29, 0.717) is 12.3 Å². The molecule has 0 spiro atoms. The Hall–Kier alpha value is -0.530. The number of nitrogens with one attached hydrogen (secondary N) is 1. The summed E-state index contributed by atoms with van der Waals surface area (Å²) in [6.07, 6.45) is 5.57. The fourth-order valence-corrected chi connectivity index (χ4v) is 0.826. The van der Waals surface area contributed by atoms with Crippen LogP contribution < -0.4 is 0 Å². The van der Waals surface area contributed by atoms with Crippen LogP contribution in [0.25, 0.3) is 0 Å². The van der Waals surface area contributed by atoms with Gasteiger partial charge in [0.1, 0.15) is 0 Å². The first-order chi connectivity index (χ1) is 5.31. The normalized spacial score (nSPS) is 9.64. The summed E-state index contributed by atoms with van der Waals surface area (Å²) in [6, 6.07) is 0. The second kappa shape index (κ2) is 7.58. The summed E-state index contributed by atoms with van der Waals surface area (Å²) in [7, 11) is 0. The van der Waals surface area contributed by atoms with E-state index in [1.165, 1.54) is 19.3 Å². The molecule has 0 aliphatic carbocycles. The third-order valence-electron chi connectivity index (χ3n) is 1.60. The van der Waals surface area contributed by atoms with Gasteiger partial charge in [-0.1, -0.05) is 33.1 Å². The molecule has 0 aromatic heterocycles. The van der Waals surface area contributed by atoms with Crippen molar-refractivity contribution in [1.29, 1.82) is 5.41 Å². The number of unbranched alkanes of at least 4 members (excludes halogenated alkanes) is 3. The minimum absolute atomic E-state index is 0.418. The zero-order valence-corrected chi connectivity index (χ0v) is 7.65. The maximum atomic E-state index is 7.20.